The van der Waals surface area contributed by atoms with Gasteiger partial charge < -0.3 is 20.7 Å². The first-order chi connectivity index (χ1) is 14.5. The van der Waals surface area contributed by atoms with Gasteiger partial charge in [-0.15, -0.1) is 0 Å². The van der Waals surface area contributed by atoms with Crippen molar-refractivity contribution in [2.75, 3.05) is 23.3 Å². The third kappa shape index (κ3) is 3.64. The van der Waals surface area contributed by atoms with Crippen LogP contribution in [0.1, 0.15) is 42.5 Å². The third-order valence-electron chi connectivity index (χ3n) is 6.40. The van der Waals surface area contributed by atoms with Crippen molar-refractivity contribution in [3.63, 3.8) is 0 Å². The van der Waals surface area contributed by atoms with E-state index >= 15 is 0 Å². The van der Waals surface area contributed by atoms with E-state index in [0.29, 0.717) is 42.9 Å². The Hall–Kier alpha value is -2.97. The minimum absolute atomic E-state index is 0.0633. The molecule has 1 atom stereocenters. The maximum absolute atomic E-state index is 13.4. The van der Waals surface area contributed by atoms with E-state index in [1.165, 1.54) is 0 Å². The topological polar surface area (TPSA) is 106 Å². The number of nitrogens with two attached hydrogens (primary N) is 1. The average molecular weight is 412 g/mol. The number of nitrogens with zero attached hydrogens (tertiary/aromatic N) is 4. The van der Waals surface area contributed by atoms with Crippen LogP contribution in [0.5, 0.6) is 5.88 Å². The Balaban J connectivity index is 1.12. The minimum atomic E-state index is -0.796. The van der Waals surface area contributed by atoms with Gasteiger partial charge in [-0.25, -0.2) is 14.4 Å². The van der Waals surface area contributed by atoms with E-state index in [1.54, 1.807) is 24.5 Å². The number of aromatic nitrogens is 3. The van der Waals surface area contributed by atoms with Crippen LogP contribution in [0.3, 0.4) is 0 Å². The number of amides is 1. The van der Waals surface area contributed by atoms with Crippen molar-refractivity contribution in [2.45, 2.75) is 50.4 Å². The quantitative estimate of drug-likeness (QED) is 0.750. The summed E-state index contributed by atoms with van der Waals surface area (Å²) in [5.74, 6) is 1.17. The highest BCUT2D eigenvalue weighted by atomic mass is 19.1. The fourth-order valence-corrected chi connectivity index (χ4v) is 4.93. The molecule has 5 rings (SSSR count). The second-order valence-corrected chi connectivity index (χ2v) is 8.69. The smallest absolute Gasteiger partial charge is 0.254 e. The second-order valence-electron chi connectivity index (χ2n) is 8.69. The first-order valence-electron chi connectivity index (χ1n) is 10.4. The predicted octanol–water partition coefficient (Wildman–Crippen LogP) is 2.32. The summed E-state index contributed by atoms with van der Waals surface area (Å²) in [4.78, 5) is 26.4. The lowest BCUT2D eigenvalue weighted by molar-refractivity contribution is -0.0759. The van der Waals surface area contributed by atoms with Crippen molar-refractivity contribution in [1.82, 2.24) is 15.0 Å². The molecule has 0 radical (unpaired) electrons. The Morgan fingerprint density at radius 3 is 2.80 bits per heavy atom. The van der Waals surface area contributed by atoms with Gasteiger partial charge >= 0.3 is 0 Å². The van der Waals surface area contributed by atoms with Gasteiger partial charge in [-0.3, -0.25) is 4.79 Å². The molecule has 2 aliphatic carbocycles. The van der Waals surface area contributed by atoms with Crippen molar-refractivity contribution in [1.29, 1.82) is 0 Å². The zero-order valence-corrected chi connectivity index (χ0v) is 16.6. The average Bonchev–Trinajstić information content (AvgIpc) is 3.11. The van der Waals surface area contributed by atoms with Gasteiger partial charge in [-0.05, 0) is 55.7 Å². The van der Waals surface area contributed by atoms with Gasteiger partial charge in [-0.1, -0.05) is 0 Å². The number of alkyl halides is 1. The molecule has 1 amide bonds. The number of pyridine rings is 1. The number of carbonyl (C=O) groups excluding carboxylic acids is 1. The van der Waals surface area contributed by atoms with Crippen molar-refractivity contribution < 1.29 is 13.9 Å². The Labute approximate surface area is 174 Å². The molecule has 3 aliphatic rings. The van der Waals surface area contributed by atoms with Crippen molar-refractivity contribution in [2.24, 2.45) is 11.1 Å². The van der Waals surface area contributed by atoms with E-state index in [9.17, 15) is 9.18 Å². The zero-order chi connectivity index (χ0) is 20.7. The normalized spacial score (nSPS) is 29.9. The molecule has 1 spiro atoms. The number of anilines is 2. The molecule has 2 aromatic heterocycles. The predicted molar refractivity (Wildman–Crippen MR) is 109 cm³/mol. The molecule has 3 N–H and O–H groups in total. The number of rotatable bonds is 6. The molecule has 3 fully saturated rings. The Morgan fingerprint density at radius 1 is 1.23 bits per heavy atom. The van der Waals surface area contributed by atoms with Crippen LogP contribution in [-0.4, -0.2) is 52.3 Å². The number of hydrogen-bond acceptors (Lipinski definition) is 7. The van der Waals surface area contributed by atoms with Gasteiger partial charge in [0.05, 0.1) is 6.54 Å². The molecular weight excluding hydrogens is 387 g/mol. The maximum Gasteiger partial charge on any atom is 0.254 e. The number of ether oxygens (including phenoxy) is 1. The van der Waals surface area contributed by atoms with Crippen LogP contribution >= 0.6 is 0 Å². The van der Waals surface area contributed by atoms with Gasteiger partial charge in [0.15, 0.2) is 0 Å². The molecule has 0 aromatic carbocycles. The molecule has 8 nitrogen and oxygen atoms in total. The van der Waals surface area contributed by atoms with Crippen LogP contribution in [-0.2, 0) is 0 Å². The molecular formula is C21H25FN6O2. The fraction of sp³-hybridized carbons (Fsp3) is 0.524. The van der Waals surface area contributed by atoms with Crippen LogP contribution in [0, 0.1) is 5.41 Å². The van der Waals surface area contributed by atoms with Crippen LogP contribution < -0.4 is 20.7 Å². The summed E-state index contributed by atoms with van der Waals surface area (Å²) in [6.45, 7) is 1.03. The monoisotopic (exact) mass is 412 g/mol. The van der Waals surface area contributed by atoms with Crippen LogP contribution in [0.25, 0.3) is 0 Å². The maximum atomic E-state index is 13.4. The highest BCUT2D eigenvalue weighted by molar-refractivity contribution is 5.94. The highest BCUT2D eigenvalue weighted by Gasteiger charge is 2.54. The van der Waals surface area contributed by atoms with E-state index in [0.717, 1.165) is 31.5 Å². The second kappa shape index (κ2) is 7.37. The summed E-state index contributed by atoms with van der Waals surface area (Å²) in [6, 6.07) is 5.53. The van der Waals surface area contributed by atoms with E-state index in [4.69, 9.17) is 10.5 Å². The lowest BCUT2D eigenvalue weighted by Gasteiger charge is -2.57. The lowest BCUT2D eigenvalue weighted by Crippen LogP contribution is -2.56. The van der Waals surface area contributed by atoms with Gasteiger partial charge in [0.1, 0.15) is 23.7 Å². The molecule has 1 saturated heterocycles. The molecule has 1 aliphatic heterocycles. The number of hydrogen-bond donors (Lipinski definition) is 2. The first-order valence-corrected chi connectivity index (χ1v) is 10.4. The Kier molecular flexibility index (Phi) is 4.67. The SMILES string of the molecule is NC(=O)c1cccnc1OC1CC2(CC(Nc3ccnc(N4CC[C@H](F)C4)n3)C2)C1. The van der Waals surface area contributed by atoms with E-state index in [-0.39, 0.29) is 11.5 Å². The van der Waals surface area contributed by atoms with Crippen molar-refractivity contribution in [3.05, 3.63) is 36.2 Å². The molecule has 9 heteroatoms. The Morgan fingerprint density at radius 2 is 2.07 bits per heavy atom. The molecule has 2 aromatic rings. The lowest BCUT2D eigenvalue weighted by atomic mass is 9.53. The number of carbonyl (C=O) groups is 1. The summed E-state index contributed by atoms with van der Waals surface area (Å²) in [7, 11) is 0. The molecule has 0 bridgehead atoms. The fourth-order valence-electron chi connectivity index (χ4n) is 4.93. The third-order valence-corrected chi connectivity index (χ3v) is 6.40. The van der Waals surface area contributed by atoms with E-state index in [2.05, 4.69) is 20.3 Å². The van der Waals surface area contributed by atoms with Gasteiger partial charge in [0.25, 0.3) is 5.91 Å². The summed E-state index contributed by atoms with van der Waals surface area (Å²) in [5.41, 5.74) is 6.00. The summed E-state index contributed by atoms with van der Waals surface area (Å²) in [6.07, 6.45) is 7.12. The zero-order valence-electron chi connectivity index (χ0n) is 16.6. The van der Waals surface area contributed by atoms with Crippen LogP contribution in [0.2, 0.25) is 0 Å². The standard InChI is InChI=1S/C21H25FN6O2/c22-13-4-7-28(12-13)20-25-6-3-17(27-20)26-14-8-21(9-14)10-15(11-21)30-19-16(18(23)29)2-1-5-24-19/h1-3,5-6,13-15H,4,7-12H2,(H2,23,29)(H,25,26,27)/t13-,14?,15?,21?/m0/s1. The molecule has 30 heavy (non-hydrogen) atoms. The molecule has 0 unspecified atom stereocenters. The first kappa shape index (κ1) is 19.0. The summed E-state index contributed by atoms with van der Waals surface area (Å²) in [5, 5.41) is 3.48. The molecule has 3 heterocycles. The van der Waals surface area contributed by atoms with Gasteiger partial charge in [-0.2, -0.15) is 4.98 Å². The summed E-state index contributed by atoms with van der Waals surface area (Å²) < 4.78 is 19.4. The number of halogens is 1. The van der Waals surface area contributed by atoms with Crippen LogP contribution in [0.15, 0.2) is 30.6 Å². The summed E-state index contributed by atoms with van der Waals surface area (Å²) >= 11 is 0. The van der Waals surface area contributed by atoms with Crippen molar-refractivity contribution in [3.8, 4) is 5.88 Å². The molecule has 158 valence electrons. The number of primary amides is 1. The van der Waals surface area contributed by atoms with Crippen LogP contribution in [0.4, 0.5) is 16.2 Å². The van der Waals surface area contributed by atoms with Crippen molar-refractivity contribution >= 4 is 17.7 Å². The van der Waals surface area contributed by atoms with E-state index < -0.39 is 12.1 Å². The van der Waals surface area contributed by atoms with Gasteiger partial charge in [0, 0.05) is 25.0 Å². The highest BCUT2D eigenvalue weighted by Crippen LogP contribution is 2.57. The van der Waals surface area contributed by atoms with E-state index in [1.807, 2.05) is 11.0 Å². The largest absolute Gasteiger partial charge is 0.474 e. The Bertz CT molecular complexity index is 943. The molecule has 2 saturated carbocycles. The van der Waals surface area contributed by atoms with Gasteiger partial charge in [0.2, 0.25) is 11.8 Å². The number of nitrogens with one attached hydrogen (secondary N) is 1. The minimum Gasteiger partial charge on any atom is -0.474 e.